The SMILES string of the molecule is COC(=O)c1cc(C(F)(F)F)cnc1CO. The van der Waals surface area contributed by atoms with Crippen molar-refractivity contribution >= 4 is 5.97 Å². The van der Waals surface area contributed by atoms with Crippen LogP contribution < -0.4 is 0 Å². The molecule has 0 spiro atoms. The summed E-state index contributed by atoms with van der Waals surface area (Å²) in [5.41, 5.74) is -1.61. The van der Waals surface area contributed by atoms with Crippen LogP contribution in [-0.4, -0.2) is 23.2 Å². The van der Waals surface area contributed by atoms with Gasteiger partial charge in [-0.15, -0.1) is 0 Å². The average molecular weight is 235 g/mol. The molecular formula is C9H8F3NO3. The van der Waals surface area contributed by atoms with Crippen LogP contribution in [0.5, 0.6) is 0 Å². The zero-order chi connectivity index (χ0) is 12.3. The fraction of sp³-hybridized carbons (Fsp3) is 0.333. The van der Waals surface area contributed by atoms with Gasteiger partial charge in [0.15, 0.2) is 0 Å². The lowest BCUT2D eigenvalue weighted by Gasteiger charge is -2.09. The third-order valence-electron chi connectivity index (χ3n) is 1.85. The van der Waals surface area contributed by atoms with Crippen molar-refractivity contribution in [2.24, 2.45) is 0 Å². The highest BCUT2D eigenvalue weighted by atomic mass is 19.4. The van der Waals surface area contributed by atoms with Crippen LogP contribution in [0.25, 0.3) is 0 Å². The first-order chi connectivity index (χ1) is 7.40. The van der Waals surface area contributed by atoms with E-state index in [1.165, 1.54) is 0 Å². The normalized spacial score (nSPS) is 11.3. The Kier molecular flexibility index (Phi) is 3.48. The Balaban J connectivity index is 3.27. The van der Waals surface area contributed by atoms with Gasteiger partial charge < -0.3 is 9.84 Å². The van der Waals surface area contributed by atoms with Crippen LogP contribution in [0.1, 0.15) is 21.6 Å². The molecule has 0 aliphatic rings. The molecule has 0 fully saturated rings. The molecule has 0 saturated carbocycles. The number of aliphatic hydroxyl groups is 1. The van der Waals surface area contributed by atoms with Gasteiger partial charge in [0.25, 0.3) is 0 Å². The summed E-state index contributed by atoms with van der Waals surface area (Å²) in [7, 11) is 1.03. The second-order valence-electron chi connectivity index (χ2n) is 2.87. The molecule has 0 unspecified atom stereocenters. The van der Waals surface area contributed by atoms with Crippen LogP contribution in [0.4, 0.5) is 13.2 Å². The molecule has 7 heteroatoms. The van der Waals surface area contributed by atoms with E-state index in [0.29, 0.717) is 12.3 Å². The minimum Gasteiger partial charge on any atom is -0.465 e. The second kappa shape index (κ2) is 4.48. The molecule has 0 aromatic carbocycles. The number of rotatable bonds is 2. The van der Waals surface area contributed by atoms with Crippen molar-refractivity contribution in [3.63, 3.8) is 0 Å². The Bertz CT molecular complexity index is 403. The molecule has 0 amide bonds. The molecule has 0 radical (unpaired) electrons. The molecule has 0 aliphatic heterocycles. The van der Waals surface area contributed by atoms with Gasteiger partial charge in [-0.3, -0.25) is 4.98 Å². The van der Waals surface area contributed by atoms with E-state index in [4.69, 9.17) is 5.11 Å². The van der Waals surface area contributed by atoms with Crippen LogP contribution in [-0.2, 0) is 17.5 Å². The van der Waals surface area contributed by atoms with E-state index in [9.17, 15) is 18.0 Å². The number of alkyl halides is 3. The minimum absolute atomic E-state index is 0.153. The van der Waals surface area contributed by atoms with Crippen LogP contribution in [0, 0.1) is 0 Å². The van der Waals surface area contributed by atoms with E-state index in [-0.39, 0.29) is 11.3 Å². The quantitative estimate of drug-likeness (QED) is 0.786. The summed E-state index contributed by atoms with van der Waals surface area (Å²) in [5.74, 6) is -0.970. The van der Waals surface area contributed by atoms with E-state index < -0.39 is 24.3 Å². The lowest BCUT2D eigenvalue weighted by Crippen LogP contribution is -2.13. The summed E-state index contributed by atoms with van der Waals surface area (Å²) in [6.07, 6.45) is -4.04. The monoisotopic (exact) mass is 235 g/mol. The smallest absolute Gasteiger partial charge is 0.417 e. The molecule has 0 atom stereocenters. The average Bonchev–Trinajstić information content (AvgIpc) is 2.25. The van der Waals surface area contributed by atoms with Gasteiger partial charge in [-0.1, -0.05) is 0 Å². The molecule has 1 rings (SSSR count). The zero-order valence-corrected chi connectivity index (χ0v) is 8.21. The number of nitrogens with zero attached hydrogens (tertiary/aromatic N) is 1. The van der Waals surface area contributed by atoms with Crippen LogP contribution in [0.3, 0.4) is 0 Å². The van der Waals surface area contributed by atoms with Gasteiger partial charge in [0.2, 0.25) is 0 Å². The molecule has 1 heterocycles. The summed E-state index contributed by atoms with van der Waals surface area (Å²) in [5, 5.41) is 8.81. The summed E-state index contributed by atoms with van der Waals surface area (Å²) in [6, 6.07) is 0.602. The maximum absolute atomic E-state index is 12.3. The lowest BCUT2D eigenvalue weighted by atomic mass is 10.1. The van der Waals surface area contributed by atoms with Crippen molar-refractivity contribution in [1.29, 1.82) is 0 Å². The maximum atomic E-state index is 12.3. The van der Waals surface area contributed by atoms with Crippen molar-refractivity contribution in [2.75, 3.05) is 7.11 Å². The van der Waals surface area contributed by atoms with Gasteiger partial charge in [0.05, 0.1) is 30.5 Å². The molecule has 1 aromatic heterocycles. The van der Waals surface area contributed by atoms with Crippen molar-refractivity contribution in [3.8, 4) is 0 Å². The standard InChI is InChI=1S/C9H8F3NO3/c1-16-8(15)6-2-5(9(10,11)12)3-13-7(6)4-14/h2-3,14H,4H2,1H3. The summed E-state index contributed by atoms with van der Waals surface area (Å²) in [6.45, 7) is -0.636. The summed E-state index contributed by atoms with van der Waals surface area (Å²) < 4.78 is 41.2. The fourth-order valence-corrected chi connectivity index (χ4v) is 1.06. The van der Waals surface area contributed by atoms with Crippen LogP contribution >= 0.6 is 0 Å². The van der Waals surface area contributed by atoms with Gasteiger partial charge in [0, 0.05) is 6.20 Å². The Morgan fingerprint density at radius 3 is 2.62 bits per heavy atom. The minimum atomic E-state index is -4.59. The highest BCUT2D eigenvalue weighted by Gasteiger charge is 2.32. The first-order valence-electron chi connectivity index (χ1n) is 4.15. The highest BCUT2D eigenvalue weighted by molar-refractivity contribution is 5.90. The third kappa shape index (κ3) is 2.48. The molecule has 4 nitrogen and oxygen atoms in total. The largest absolute Gasteiger partial charge is 0.465 e. The second-order valence-corrected chi connectivity index (χ2v) is 2.87. The van der Waals surface area contributed by atoms with Gasteiger partial charge in [-0.2, -0.15) is 13.2 Å². The number of carbonyl (C=O) groups excluding carboxylic acids is 1. The molecule has 0 aliphatic carbocycles. The Hall–Kier alpha value is -1.63. The van der Waals surface area contributed by atoms with Crippen molar-refractivity contribution in [3.05, 3.63) is 29.1 Å². The Labute approximate surface area is 88.7 Å². The topological polar surface area (TPSA) is 59.4 Å². The summed E-state index contributed by atoms with van der Waals surface area (Å²) >= 11 is 0. The van der Waals surface area contributed by atoms with Crippen molar-refractivity contribution in [1.82, 2.24) is 4.98 Å². The zero-order valence-electron chi connectivity index (χ0n) is 8.21. The lowest BCUT2D eigenvalue weighted by molar-refractivity contribution is -0.137. The van der Waals surface area contributed by atoms with Crippen LogP contribution in [0.2, 0.25) is 0 Å². The number of esters is 1. The number of pyridine rings is 1. The first-order valence-corrected chi connectivity index (χ1v) is 4.15. The van der Waals surface area contributed by atoms with Gasteiger partial charge in [-0.25, -0.2) is 4.79 Å². The number of ether oxygens (including phenoxy) is 1. The molecule has 0 saturated heterocycles. The number of hydrogen-bond acceptors (Lipinski definition) is 4. The number of hydrogen-bond donors (Lipinski definition) is 1. The van der Waals surface area contributed by atoms with E-state index in [2.05, 4.69) is 9.72 Å². The number of aliphatic hydroxyl groups excluding tert-OH is 1. The number of methoxy groups -OCH3 is 1. The van der Waals surface area contributed by atoms with Crippen LogP contribution in [0.15, 0.2) is 12.3 Å². The molecule has 88 valence electrons. The van der Waals surface area contributed by atoms with E-state index in [1.807, 2.05) is 0 Å². The molecule has 1 N–H and O–H groups in total. The fourth-order valence-electron chi connectivity index (χ4n) is 1.06. The van der Waals surface area contributed by atoms with E-state index >= 15 is 0 Å². The van der Waals surface area contributed by atoms with Crippen molar-refractivity contribution < 1.29 is 27.8 Å². The van der Waals surface area contributed by atoms with E-state index in [1.54, 1.807) is 0 Å². The van der Waals surface area contributed by atoms with Crippen molar-refractivity contribution in [2.45, 2.75) is 12.8 Å². The Morgan fingerprint density at radius 1 is 1.56 bits per heavy atom. The van der Waals surface area contributed by atoms with Gasteiger partial charge in [-0.05, 0) is 6.07 Å². The maximum Gasteiger partial charge on any atom is 0.417 e. The van der Waals surface area contributed by atoms with Gasteiger partial charge >= 0.3 is 12.1 Å². The number of carbonyl (C=O) groups is 1. The predicted octanol–water partition coefficient (Wildman–Crippen LogP) is 1.38. The molecule has 1 aromatic rings. The number of aromatic nitrogens is 1. The highest BCUT2D eigenvalue weighted by Crippen LogP contribution is 2.29. The van der Waals surface area contributed by atoms with Gasteiger partial charge in [0.1, 0.15) is 0 Å². The molecular weight excluding hydrogens is 227 g/mol. The molecule has 0 bridgehead atoms. The molecule has 16 heavy (non-hydrogen) atoms. The summed E-state index contributed by atoms with van der Waals surface area (Å²) in [4.78, 5) is 14.5. The Morgan fingerprint density at radius 2 is 2.19 bits per heavy atom. The number of halogens is 3. The first kappa shape index (κ1) is 12.4. The third-order valence-corrected chi connectivity index (χ3v) is 1.85. The predicted molar refractivity (Wildman–Crippen MR) is 46.5 cm³/mol. The van der Waals surface area contributed by atoms with E-state index in [0.717, 1.165) is 7.11 Å².